The van der Waals surface area contributed by atoms with Crippen molar-refractivity contribution in [2.75, 3.05) is 19.8 Å². The number of ether oxygens (including phenoxy) is 4. The van der Waals surface area contributed by atoms with Crippen molar-refractivity contribution in [2.24, 2.45) is 29.1 Å². The molecule has 0 N–H and O–H groups in total. The van der Waals surface area contributed by atoms with Gasteiger partial charge in [0.05, 0.1) is 19.8 Å². The van der Waals surface area contributed by atoms with Crippen LogP contribution in [0.4, 0.5) is 0 Å². The Morgan fingerprint density at radius 1 is 1.08 bits per heavy atom. The van der Waals surface area contributed by atoms with E-state index >= 15 is 0 Å². The van der Waals surface area contributed by atoms with Gasteiger partial charge >= 0.3 is 0 Å². The molecular formula is C20H34O4. The molecule has 4 rings (SSSR count). The van der Waals surface area contributed by atoms with E-state index in [0.717, 1.165) is 56.1 Å². The third-order valence-electron chi connectivity index (χ3n) is 7.53. The van der Waals surface area contributed by atoms with Crippen LogP contribution in [0, 0.1) is 29.1 Å². The van der Waals surface area contributed by atoms with Crippen LogP contribution < -0.4 is 0 Å². The molecule has 2 heterocycles. The second kappa shape index (κ2) is 6.22. The Labute approximate surface area is 146 Å². The Bertz CT molecular complexity index is 457. The van der Waals surface area contributed by atoms with Crippen LogP contribution in [-0.4, -0.2) is 38.0 Å². The molecule has 2 aliphatic carbocycles. The van der Waals surface area contributed by atoms with Gasteiger partial charge in [-0.3, -0.25) is 0 Å². The van der Waals surface area contributed by atoms with Crippen molar-refractivity contribution < 1.29 is 18.9 Å². The largest absolute Gasteiger partial charge is 0.349 e. The highest BCUT2D eigenvalue weighted by atomic mass is 16.8. The summed E-state index contributed by atoms with van der Waals surface area (Å²) in [5.74, 6) is 2.85. The number of unbranched alkanes of at least 4 members (excludes halogenated alkanes) is 1. The van der Waals surface area contributed by atoms with Crippen molar-refractivity contribution in [1.82, 2.24) is 0 Å². The zero-order valence-corrected chi connectivity index (χ0v) is 15.8. The molecule has 0 aromatic carbocycles. The molecule has 0 aromatic rings. The smallest absolute Gasteiger partial charge is 0.186 e. The highest BCUT2D eigenvalue weighted by Gasteiger charge is 2.59. The lowest BCUT2D eigenvalue weighted by Crippen LogP contribution is -2.51. The van der Waals surface area contributed by atoms with Gasteiger partial charge in [0, 0.05) is 11.8 Å². The monoisotopic (exact) mass is 338 g/mol. The Morgan fingerprint density at radius 3 is 2.46 bits per heavy atom. The maximum atomic E-state index is 6.21. The third kappa shape index (κ3) is 2.74. The Hall–Kier alpha value is -0.160. The van der Waals surface area contributed by atoms with Crippen LogP contribution in [0.25, 0.3) is 0 Å². The number of hydrogen-bond acceptors (Lipinski definition) is 4. The molecule has 4 aliphatic rings. The summed E-state index contributed by atoms with van der Waals surface area (Å²) in [7, 11) is 0. The van der Waals surface area contributed by atoms with Gasteiger partial charge in [-0.15, -0.1) is 0 Å². The predicted octanol–water partition coefficient (Wildman–Crippen LogP) is 3.98. The van der Waals surface area contributed by atoms with Crippen LogP contribution in [0.15, 0.2) is 0 Å². The molecule has 2 saturated carbocycles. The minimum Gasteiger partial charge on any atom is -0.349 e. The van der Waals surface area contributed by atoms with Gasteiger partial charge in [-0.05, 0) is 49.9 Å². The van der Waals surface area contributed by atoms with Gasteiger partial charge in [0.1, 0.15) is 6.10 Å². The van der Waals surface area contributed by atoms with Gasteiger partial charge < -0.3 is 18.9 Å². The molecule has 0 aromatic heterocycles. The first-order valence-corrected chi connectivity index (χ1v) is 10.0. The predicted molar refractivity (Wildman–Crippen MR) is 91.4 cm³/mol. The fourth-order valence-corrected chi connectivity index (χ4v) is 5.84. The highest BCUT2D eigenvalue weighted by molar-refractivity contribution is 5.06. The summed E-state index contributed by atoms with van der Waals surface area (Å²) in [6, 6.07) is 0. The van der Waals surface area contributed by atoms with E-state index in [1.165, 1.54) is 12.8 Å². The zero-order valence-electron chi connectivity index (χ0n) is 15.8. The lowest BCUT2D eigenvalue weighted by Gasteiger charge is -2.47. The van der Waals surface area contributed by atoms with E-state index in [4.69, 9.17) is 18.9 Å². The first kappa shape index (κ1) is 17.3. The molecule has 4 fully saturated rings. The SMILES string of the molecule is CCCCC1(C)OCC(C2OCC3(CO2)CC2CC3C(C)C2C)O1. The van der Waals surface area contributed by atoms with Crippen molar-refractivity contribution in [3.8, 4) is 0 Å². The first-order valence-electron chi connectivity index (χ1n) is 10.0. The summed E-state index contributed by atoms with van der Waals surface area (Å²) in [5.41, 5.74) is 0.262. The molecule has 1 spiro atoms. The van der Waals surface area contributed by atoms with Crippen LogP contribution in [0.1, 0.15) is 59.8 Å². The summed E-state index contributed by atoms with van der Waals surface area (Å²) in [4.78, 5) is 0. The second-order valence-corrected chi connectivity index (χ2v) is 9.08. The average Bonchev–Trinajstić information content (AvgIpc) is 3.22. The van der Waals surface area contributed by atoms with Crippen molar-refractivity contribution in [2.45, 2.75) is 78.0 Å². The Balaban J connectivity index is 1.33. The topological polar surface area (TPSA) is 36.9 Å². The molecule has 6 atom stereocenters. The van der Waals surface area contributed by atoms with Crippen molar-refractivity contribution in [3.63, 3.8) is 0 Å². The molecule has 6 unspecified atom stereocenters. The van der Waals surface area contributed by atoms with Gasteiger partial charge in [0.2, 0.25) is 0 Å². The van der Waals surface area contributed by atoms with Crippen LogP contribution in [-0.2, 0) is 18.9 Å². The fraction of sp³-hybridized carbons (Fsp3) is 1.00. The van der Waals surface area contributed by atoms with Gasteiger partial charge in [0.25, 0.3) is 0 Å². The minimum absolute atomic E-state index is 0.0841. The number of hydrogen-bond donors (Lipinski definition) is 0. The third-order valence-corrected chi connectivity index (χ3v) is 7.53. The maximum Gasteiger partial charge on any atom is 0.186 e. The maximum absolute atomic E-state index is 6.21. The quantitative estimate of drug-likeness (QED) is 0.777. The van der Waals surface area contributed by atoms with Gasteiger partial charge in [-0.25, -0.2) is 0 Å². The molecule has 24 heavy (non-hydrogen) atoms. The first-order chi connectivity index (χ1) is 11.5. The van der Waals surface area contributed by atoms with Gasteiger partial charge in [0.15, 0.2) is 12.1 Å². The molecule has 4 nitrogen and oxygen atoms in total. The van der Waals surface area contributed by atoms with E-state index in [1.807, 2.05) is 6.92 Å². The summed E-state index contributed by atoms with van der Waals surface area (Å²) in [5, 5.41) is 0. The zero-order chi connectivity index (χ0) is 16.9. The van der Waals surface area contributed by atoms with Crippen LogP contribution in [0.2, 0.25) is 0 Å². The molecule has 0 radical (unpaired) electrons. The molecule has 4 heteroatoms. The lowest BCUT2D eigenvalue weighted by atomic mass is 9.66. The van der Waals surface area contributed by atoms with E-state index in [1.54, 1.807) is 0 Å². The molecule has 2 saturated heterocycles. The van der Waals surface area contributed by atoms with Gasteiger partial charge in [-0.1, -0.05) is 27.2 Å². The van der Waals surface area contributed by atoms with Crippen molar-refractivity contribution in [1.29, 1.82) is 0 Å². The van der Waals surface area contributed by atoms with Crippen LogP contribution >= 0.6 is 0 Å². The van der Waals surface area contributed by atoms with Gasteiger partial charge in [-0.2, -0.15) is 0 Å². The second-order valence-electron chi connectivity index (χ2n) is 9.08. The Kier molecular flexibility index (Phi) is 4.48. The van der Waals surface area contributed by atoms with E-state index in [9.17, 15) is 0 Å². The number of rotatable bonds is 4. The highest BCUT2D eigenvalue weighted by Crippen LogP contribution is 2.62. The molecule has 2 bridgehead atoms. The number of fused-ring (bicyclic) bond motifs is 3. The summed E-state index contributed by atoms with van der Waals surface area (Å²) in [6.45, 7) is 11.3. The molecule has 2 aliphatic heterocycles. The molecular weight excluding hydrogens is 304 g/mol. The van der Waals surface area contributed by atoms with Crippen molar-refractivity contribution >= 4 is 0 Å². The normalized spacial score (nSPS) is 54.0. The fourth-order valence-electron chi connectivity index (χ4n) is 5.84. The van der Waals surface area contributed by atoms with Crippen molar-refractivity contribution in [3.05, 3.63) is 0 Å². The van der Waals surface area contributed by atoms with E-state index < -0.39 is 5.79 Å². The lowest BCUT2D eigenvalue weighted by molar-refractivity contribution is -0.284. The molecule has 0 amide bonds. The summed E-state index contributed by atoms with van der Waals surface area (Å²) >= 11 is 0. The Morgan fingerprint density at radius 2 is 1.83 bits per heavy atom. The van der Waals surface area contributed by atoms with Crippen LogP contribution in [0.3, 0.4) is 0 Å². The average molecular weight is 338 g/mol. The summed E-state index contributed by atoms with van der Waals surface area (Å²) in [6.07, 6.45) is 5.54. The van der Waals surface area contributed by atoms with Crippen LogP contribution in [0.5, 0.6) is 0 Å². The standard InChI is InChI=1S/C20H34O4/c1-5-6-7-19(4)23-10-17(24-19)18-21-11-20(12-22-18)9-15-8-16(20)14(3)13(15)2/h13-18H,5-12H2,1-4H3. The minimum atomic E-state index is -0.459. The van der Waals surface area contributed by atoms with E-state index in [0.29, 0.717) is 6.61 Å². The van der Waals surface area contributed by atoms with E-state index in [2.05, 4.69) is 20.8 Å². The molecule has 138 valence electrons. The summed E-state index contributed by atoms with van der Waals surface area (Å²) < 4.78 is 24.5. The van der Waals surface area contributed by atoms with E-state index in [-0.39, 0.29) is 17.8 Å².